The van der Waals surface area contributed by atoms with Crippen molar-refractivity contribution in [2.45, 2.75) is 64.3 Å². The van der Waals surface area contributed by atoms with E-state index in [1.807, 2.05) is 20.8 Å². The molecule has 98 valence electrons. The SMILES string of the molecule is CC[C@@H](CC(=O)O)[C@@H]1C[C@H]2OC(C)(C)O[C@H]2O1. The molecule has 2 aliphatic rings. The number of carbonyl (C=O) groups is 1. The molecule has 2 heterocycles. The number of aliphatic carboxylic acids is 1. The molecule has 2 fully saturated rings. The van der Waals surface area contributed by atoms with Crippen molar-refractivity contribution >= 4 is 5.97 Å². The predicted molar refractivity (Wildman–Crippen MR) is 59.3 cm³/mol. The number of hydrogen-bond acceptors (Lipinski definition) is 4. The predicted octanol–water partition coefficient (Wildman–Crippen LogP) is 1.75. The van der Waals surface area contributed by atoms with Crippen LogP contribution in [0.5, 0.6) is 0 Å². The Morgan fingerprint density at radius 3 is 2.71 bits per heavy atom. The van der Waals surface area contributed by atoms with E-state index in [4.69, 9.17) is 19.3 Å². The van der Waals surface area contributed by atoms with E-state index >= 15 is 0 Å². The van der Waals surface area contributed by atoms with E-state index in [2.05, 4.69) is 0 Å². The van der Waals surface area contributed by atoms with Gasteiger partial charge in [0, 0.05) is 6.42 Å². The third-order valence-electron chi connectivity index (χ3n) is 3.40. The second kappa shape index (κ2) is 4.55. The van der Waals surface area contributed by atoms with E-state index in [1.54, 1.807) is 0 Å². The van der Waals surface area contributed by atoms with Gasteiger partial charge in [-0.3, -0.25) is 4.79 Å². The minimum atomic E-state index is -0.778. The van der Waals surface area contributed by atoms with Crippen molar-refractivity contribution in [1.82, 2.24) is 0 Å². The van der Waals surface area contributed by atoms with E-state index < -0.39 is 11.8 Å². The van der Waals surface area contributed by atoms with E-state index in [0.717, 1.165) is 12.8 Å². The quantitative estimate of drug-likeness (QED) is 0.816. The highest BCUT2D eigenvalue weighted by molar-refractivity contribution is 5.67. The van der Waals surface area contributed by atoms with Crippen molar-refractivity contribution in [3.05, 3.63) is 0 Å². The molecule has 0 unspecified atom stereocenters. The smallest absolute Gasteiger partial charge is 0.303 e. The summed E-state index contributed by atoms with van der Waals surface area (Å²) < 4.78 is 17.1. The molecule has 1 N–H and O–H groups in total. The average molecular weight is 244 g/mol. The Hall–Kier alpha value is -0.650. The fourth-order valence-corrected chi connectivity index (χ4v) is 2.60. The first-order chi connectivity index (χ1) is 7.91. The molecule has 2 aliphatic heterocycles. The van der Waals surface area contributed by atoms with Gasteiger partial charge in [0.15, 0.2) is 12.1 Å². The van der Waals surface area contributed by atoms with Crippen molar-refractivity contribution in [3.63, 3.8) is 0 Å². The summed E-state index contributed by atoms with van der Waals surface area (Å²) in [6.07, 6.45) is 1.20. The van der Waals surface area contributed by atoms with Crippen molar-refractivity contribution in [2.24, 2.45) is 5.92 Å². The molecule has 5 nitrogen and oxygen atoms in total. The summed E-state index contributed by atoms with van der Waals surface area (Å²) in [6, 6.07) is 0. The van der Waals surface area contributed by atoms with Crippen molar-refractivity contribution in [1.29, 1.82) is 0 Å². The zero-order chi connectivity index (χ0) is 12.6. The third kappa shape index (κ3) is 2.78. The maximum atomic E-state index is 10.8. The van der Waals surface area contributed by atoms with E-state index in [-0.39, 0.29) is 30.8 Å². The average Bonchev–Trinajstić information content (AvgIpc) is 2.66. The topological polar surface area (TPSA) is 65.0 Å². The first-order valence-electron chi connectivity index (χ1n) is 6.14. The van der Waals surface area contributed by atoms with Gasteiger partial charge in [-0.25, -0.2) is 0 Å². The van der Waals surface area contributed by atoms with Crippen LogP contribution in [0.1, 0.15) is 40.0 Å². The van der Waals surface area contributed by atoms with Gasteiger partial charge in [0.2, 0.25) is 0 Å². The van der Waals surface area contributed by atoms with Gasteiger partial charge in [0.25, 0.3) is 0 Å². The molecule has 2 rings (SSSR count). The Morgan fingerprint density at radius 1 is 1.47 bits per heavy atom. The maximum Gasteiger partial charge on any atom is 0.303 e. The van der Waals surface area contributed by atoms with Crippen molar-refractivity contribution < 1.29 is 24.1 Å². The van der Waals surface area contributed by atoms with Crippen LogP contribution in [-0.4, -0.2) is 35.4 Å². The van der Waals surface area contributed by atoms with Crippen LogP contribution in [-0.2, 0) is 19.0 Å². The van der Waals surface area contributed by atoms with Gasteiger partial charge in [-0.1, -0.05) is 13.3 Å². The molecule has 5 heteroatoms. The van der Waals surface area contributed by atoms with E-state index in [9.17, 15) is 4.79 Å². The molecular weight excluding hydrogens is 224 g/mol. The summed E-state index contributed by atoms with van der Waals surface area (Å²) in [6.45, 7) is 5.70. The van der Waals surface area contributed by atoms with Gasteiger partial charge in [-0.2, -0.15) is 0 Å². The summed E-state index contributed by atoms with van der Waals surface area (Å²) in [5.74, 6) is -1.33. The maximum absolute atomic E-state index is 10.8. The van der Waals surface area contributed by atoms with Crippen LogP contribution in [0.2, 0.25) is 0 Å². The molecule has 0 bridgehead atoms. The van der Waals surface area contributed by atoms with Gasteiger partial charge in [-0.05, 0) is 19.8 Å². The number of ether oxygens (including phenoxy) is 3. The van der Waals surface area contributed by atoms with Gasteiger partial charge in [-0.15, -0.1) is 0 Å². The molecule has 0 spiro atoms. The number of carboxylic acids is 1. The van der Waals surface area contributed by atoms with Crippen LogP contribution in [0.4, 0.5) is 0 Å². The lowest BCUT2D eigenvalue weighted by atomic mass is 9.93. The summed E-state index contributed by atoms with van der Waals surface area (Å²) in [4.78, 5) is 10.8. The van der Waals surface area contributed by atoms with Gasteiger partial charge in [0.1, 0.15) is 6.10 Å². The Labute approximate surface area is 101 Å². The molecule has 2 saturated heterocycles. The lowest BCUT2D eigenvalue weighted by Gasteiger charge is -2.24. The number of rotatable bonds is 4. The summed E-state index contributed by atoms with van der Waals surface area (Å²) >= 11 is 0. The zero-order valence-corrected chi connectivity index (χ0v) is 10.5. The molecule has 0 aromatic heterocycles. The molecular formula is C12H20O5. The number of carboxylic acid groups (broad SMARTS) is 1. The highest BCUT2D eigenvalue weighted by atomic mass is 16.8. The molecule has 0 aromatic rings. The monoisotopic (exact) mass is 244 g/mol. The molecule has 0 radical (unpaired) electrons. The minimum Gasteiger partial charge on any atom is -0.481 e. The highest BCUT2D eigenvalue weighted by Gasteiger charge is 2.49. The van der Waals surface area contributed by atoms with Crippen LogP contribution >= 0.6 is 0 Å². The van der Waals surface area contributed by atoms with E-state index in [1.165, 1.54) is 0 Å². The first kappa shape index (κ1) is 12.8. The van der Waals surface area contributed by atoms with Gasteiger partial charge >= 0.3 is 5.97 Å². The van der Waals surface area contributed by atoms with Crippen molar-refractivity contribution in [3.8, 4) is 0 Å². The fourth-order valence-electron chi connectivity index (χ4n) is 2.60. The Balaban J connectivity index is 1.93. The van der Waals surface area contributed by atoms with Gasteiger partial charge < -0.3 is 19.3 Å². The van der Waals surface area contributed by atoms with Crippen LogP contribution in [0.3, 0.4) is 0 Å². The molecule has 0 aromatic carbocycles. The second-order valence-electron chi connectivity index (χ2n) is 5.22. The zero-order valence-electron chi connectivity index (χ0n) is 10.5. The molecule has 4 atom stereocenters. The minimum absolute atomic E-state index is 0.0356. The molecule has 0 saturated carbocycles. The third-order valence-corrected chi connectivity index (χ3v) is 3.40. The van der Waals surface area contributed by atoms with Crippen LogP contribution in [0.15, 0.2) is 0 Å². The van der Waals surface area contributed by atoms with Crippen molar-refractivity contribution in [2.75, 3.05) is 0 Å². The Morgan fingerprint density at radius 2 is 2.18 bits per heavy atom. The molecule has 17 heavy (non-hydrogen) atoms. The molecule has 0 amide bonds. The van der Waals surface area contributed by atoms with E-state index in [0.29, 0.717) is 0 Å². The lowest BCUT2D eigenvalue weighted by molar-refractivity contribution is -0.210. The number of fused-ring (bicyclic) bond motifs is 1. The first-order valence-corrected chi connectivity index (χ1v) is 6.14. The molecule has 0 aliphatic carbocycles. The van der Waals surface area contributed by atoms with Crippen LogP contribution < -0.4 is 0 Å². The summed E-state index contributed by atoms with van der Waals surface area (Å²) in [5.41, 5.74) is 0. The van der Waals surface area contributed by atoms with Gasteiger partial charge in [0.05, 0.1) is 12.5 Å². The Bertz CT molecular complexity index is 285. The second-order valence-corrected chi connectivity index (χ2v) is 5.22. The summed E-state index contributed by atoms with van der Waals surface area (Å²) in [5, 5.41) is 8.84. The largest absolute Gasteiger partial charge is 0.481 e. The number of hydrogen-bond donors (Lipinski definition) is 1. The van der Waals surface area contributed by atoms with Crippen LogP contribution in [0.25, 0.3) is 0 Å². The Kier molecular flexibility index (Phi) is 3.43. The standard InChI is InChI=1S/C12H20O5/c1-4-7(5-10(13)14)8-6-9-11(15-8)17-12(2,3)16-9/h7-9,11H,4-6H2,1-3H3,(H,13,14)/t7-,8-,9+,11+/m0/s1. The van der Waals surface area contributed by atoms with Crippen LogP contribution in [0, 0.1) is 5.92 Å². The highest BCUT2D eigenvalue weighted by Crippen LogP contribution is 2.40. The lowest BCUT2D eigenvalue weighted by Crippen LogP contribution is -2.28. The summed E-state index contributed by atoms with van der Waals surface area (Å²) in [7, 11) is 0. The normalized spacial score (nSPS) is 36.8. The fraction of sp³-hybridized carbons (Fsp3) is 0.917.